The molecule has 0 saturated heterocycles. The van der Waals surface area contributed by atoms with E-state index in [9.17, 15) is 8.42 Å². The average molecular weight is 369 g/mol. The van der Waals surface area contributed by atoms with Gasteiger partial charge in [0, 0.05) is 30.7 Å². The molecule has 2 aromatic heterocycles. The quantitative estimate of drug-likeness (QED) is 0.722. The van der Waals surface area contributed by atoms with Crippen LogP contribution in [0.3, 0.4) is 0 Å². The van der Waals surface area contributed by atoms with Crippen molar-refractivity contribution in [3.8, 4) is 17.0 Å². The molecule has 0 unspecified atom stereocenters. The zero-order valence-electron chi connectivity index (χ0n) is 14.5. The molecule has 0 fully saturated rings. The predicted octanol–water partition coefficient (Wildman–Crippen LogP) is 2.94. The van der Waals surface area contributed by atoms with E-state index in [0.717, 1.165) is 22.4 Å². The Morgan fingerprint density at radius 3 is 2.58 bits per heavy atom. The molecular formula is C19H19N3O3S. The van der Waals surface area contributed by atoms with E-state index in [-0.39, 0.29) is 11.4 Å². The molecule has 0 atom stereocenters. The summed E-state index contributed by atoms with van der Waals surface area (Å²) in [5.74, 6) is 0.652. The maximum Gasteiger partial charge on any atom is 0.240 e. The minimum absolute atomic E-state index is 0.160. The molecule has 7 heteroatoms. The number of sulfonamides is 1. The van der Waals surface area contributed by atoms with Gasteiger partial charge in [-0.25, -0.2) is 13.1 Å². The summed E-state index contributed by atoms with van der Waals surface area (Å²) >= 11 is 0. The Bertz CT molecular complexity index is 988. The Kier molecular flexibility index (Phi) is 5.29. The van der Waals surface area contributed by atoms with Crippen LogP contribution < -0.4 is 9.46 Å². The standard InChI is InChI=1S/C19H19N3O3S/c1-14-10-17(6-8-19(14)25-2)26(23,24)22-12-15-5-7-18(21-11-15)16-4-3-9-20-13-16/h3-11,13,22H,12H2,1-2H3. The summed E-state index contributed by atoms with van der Waals surface area (Å²) in [7, 11) is -2.06. The second-order valence-electron chi connectivity index (χ2n) is 5.75. The van der Waals surface area contributed by atoms with E-state index in [1.807, 2.05) is 24.3 Å². The average Bonchev–Trinajstić information content (AvgIpc) is 2.67. The highest BCUT2D eigenvalue weighted by Crippen LogP contribution is 2.21. The zero-order chi connectivity index (χ0) is 18.6. The molecule has 0 aliphatic carbocycles. The summed E-state index contributed by atoms with van der Waals surface area (Å²) in [5, 5.41) is 0. The molecule has 2 heterocycles. The number of aromatic nitrogens is 2. The number of methoxy groups -OCH3 is 1. The van der Waals surface area contributed by atoms with E-state index < -0.39 is 10.0 Å². The molecular weight excluding hydrogens is 350 g/mol. The maximum atomic E-state index is 12.5. The third kappa shape index (κ3) is 4.07. The summed E-state index contributed by atoms with van der Waals surface area (Å²) in [6.07, 6.45) is 5.09. The number of benzene rings is 1. The lowest BCUT2D eigenvalue weighted by atomic mass is 10.1. The fourth-order valence-corrected chi connectivity index (χ4v) is 3.60. The molecule has 26 heavy (non-hydrogen) atoms. The van der Waals surface area contributed by atoms with E-state index in [2.05, 4.69) is 14.7 Å². The Hall–Kier alpha value is -2.77. The van der Waals surface area contributed by atoms with Gasteiger partial charge in [0.05, 0.1) is 17.7 Å². The normalized spacial score (nSPS) is 11.3. The van der Waals surface area contributed by atoms with Gasteiger partial charge in [-0.2, -0.15) is 0 Å². The van der Waals surface area contributed by atoms with Crippen molar-refractivity contribution in [2.75, 3.05) is 7.11 Å². The number of rotatable bonds is 6. The SMILES string of the molecule is COc1ccc(S(=O)(=O)NCc2ccc(-c3cccnc3)nc2)cc1C. The minimum atomic E-state index is -3.61. The van der Waals surface area contributed by atoms with E-state index in [1.165, 1.54) is 6.07 Å². The third-order valence-corrected chi connectivity index (χ3v) is 5.32. The largest absolute Gasteiger partial charge is 0.496 e. The summed E-state index contributed by atoms with van der Waals surface area (Å²) in [4.78, 5) is 8.64. The van der Waals surface area contributed by atoms with Gasteiger partial charge < -0.3 is 4.74 Å². The van der Waals surface area contributed by atoms with Gasteiger partial charge in [0.15, 0.2) is 0 Å². The van der Waals surface area contributed by atoms with Crippen LogP contribution in [-0.4, -0.2) is 25.5 Å². The van der Waals surface area contributed by atoms with Crippen molar-refractivity contribution in [2.45, 2.75) is 18.4 Å². The number of nitrogens with zero attached hydrogens (tertiary/aromatic N) is 2. The first kappa shape index (κ1) is 18.0. The first-order valence-corrected chi connectivity index (χ1v) is 9.47. The molecule has 134 valence electrons. The van der Waals surface area contributed by atoms with Crippen LogP contribution in [0.4, 0.5) is 0 Å². The van der Waals surface area contributed by atoms with Crippen LogP contribution in [0.15, 0.2) is 66.0 Å². The molecule has 0 spiro atoms. The van der Waals surface area contributed by atoms with Gasteiger partial charge in [-0.05, 0) is 54.4 Å². The highest BCUT2D eigenvalue weighted by molar-refractivity contribution is 7.89. The molecule has 1 aromatic carbocycles. The minimum Gasteiger partial charge on any atom is -0.496 e. The first-order chi connectivity index (χ1) is 12.5. The molecule has 3 aromatic rings. The van der Waals surface area contributed by atoms with Crippen LogP contribution in [0, 0.1) is 6.92 Å². The van der Waals surface area contributed by atoms with Gasteiger partial charge in [-0.1, -0.05) is 6.07 Å². The summed E-state index contributed by atoms with van der Waals surface area (Å²) in [6, 6.07) is 12.2. The van der Waals surface area contributed by atoms with Gasteiger partial charge in [-0.15, -0.1) is 0 Å². The molecule has 1 N–H and O–H groups in total. The van der Waals surface area contributed by atoms with Gasteiger partial charge >= 0.3 is 0 Å². The lowest BCUT2D eigenvalue weighted by molar-refractivity contribution is 0.411. The van der Waals surface area contributed by atoms with E-state index in [0.29, 0.717) is 5.75 Å². The number of aryl methyl sites for hydroxylation is 1. The van der Waals surface area contributed by atoms with Crippen LogP contribution in [-0.2, 0) is 16.6 Å². The van der Waals surface area contributed by atoms with Crippen molar-refractivity contribution in [1.29, 1.82) is 0 Å². The highest BCUT2D eigenvalue weighted by Gasteiger charge is 2.15. The molecule has 0 radical (unpaired) electrons. The number of hydrogen-bond donors (Lipinski definition) is 1. The molecule has 0 amide bonds. The Balaban J connectivity index is 1.71. The van der Waals surface area contributed by atoms with Gasteiger partial charge in [-0.3, -0.25) is 9.97 Å². The Labute approximate surface area is 153 Å². The molecule has 0 aliphatic heterocycles. The van der Waals surface area contributed by atoms with Crippen molar-refractivity contribution >= 4 is 10.0 Å². The lowest BCUT2D eigenvalue weighted by Gasteiger charge is -2.10. The molecule has 0 saturated carbocycles. The van der Waals surface area contributed by atoms with Crippen molar-refractivity contribution in [3.63, 3.8) is 0 Å². The van der Waals surface area contributed by atoms with Crippen LogP contribution in [0.1, 0.15) is 11.1 Å². The molecule has 6 nitrogen and oxygen atoms in total. The zero-order valence-corrected chi connectivity index (χ0v) is 15.3. The van der Waals surface area contributed by atoms with Crippen molar-refractivity contribution in [2.24, 2.45) is 0 Å². The first-order valence-electron chi connectivity index (χ1n) is 7.99. The number of hydrogen-bond acceptors (Lipinski definition) is 5. The molecule has 3 rings (SSSR count). The van der Waals surface area contributed by atoms with Crippen LogP contribution in [0.5, 0.6) is 5.75 Å². The van der Waals surface area contributed by atoms with Gasteiger partial charge in [0.1, 0.15) is 5.75 Å². The fraction of sp³-hybridized carbons (Fsp3) is 0.158. The monoisotopic (exact) mass is 369 g/mol. The van der Waals surface area contributed by atoms with Crippen LogP contribution in [0.25, 0.3) is 11.3 Å². The second kappa shape index (κ2) is 7.63. The van der Waals surface area contributed by atoms with E-state index in [4.69, 9.17) is 4.74 Å². The Morgan fingerprint density at radius 2 is 1.96 bits per heavy atom. The van der Waals surface area contributed by atoms with E-state index in [1.54, 1.807) is 44.8 Å². The van der Waals surface area contributed by atoms with Crippen LogP contribution in [0.2, 0.25) is 0 Å². The topological polar surface area (TPSA) is 81.2 Å². The second-order valence-corrected chi connectivity index (χ2v) is 7.52. The van der Waals surface area contributed by atoms with Crippen LogP contribution >= 0.6 is 0 Å². The lowest BCUT2D eigenvalue weighted by Crippen LogP contribution is -2.23. The van der Waals surface area contributed by atoms with E-state index >= 15 is 0 Å². The van der Waals surface area contributed by atoms with Crippen molar-refractivity contribution < 1.29 is 13.2 Å². The Morgan fingerprint density at radius 1 is 1.12 bits per heavy atom. The third-order valence-electron chi connectivity index (χ3n) is 3.92. The summed E-state index contributed by atoms with van der Waals surface area (Å²) in [5.41, 5.74) is 3.23. The molecule has 0 bridgehead atoms. The van der Waals surface area contributed by atoms with Crippen molar-refractivity contribution in [1.82, 2.24) is 14.7 Å². The highest BCUT2D eigenvalue weighted by atomic mass is 32.2. The number of nitrogens with one attached hydrogen (secondary N) is 1. The van der Waals surface area contributed by atoms with Gasteiger partial charge in [0.2, 0.25) is 10.0 Å². The number of pyridine rings is 2. The van der Waals surface area contributed by atoms with Crippen molar-refractivity contribution in [3.05, 3.63) is 72.2 Å². The fourth-order valence-electron chi connectivity index (χ4n) is 2.49. The predicted molar refractivity (Wildman–Crippen MR) is 99.2 cm³/mol. The van der Waals surface area contributed by atoms with Gasteiger partial charge in [0.25, 0.3) is 0 Å². The smallest absolute Gasteiger partial charge is 0.240 e. The summed E-state index contributed by atoms with van der Waals surface area (Å²) < 4.78 is 32.7. The number of ether oxygens (including phenoxy) is 1. The summed E-state index contributed by atoms with van der Waals surface area (Å²) in [6.45, 7) is 1.96. The molecule has 0 aliphatic rings. The maximum absolute atomic E-state index is 12.5.